The van der Waals surface area contributed by atoms with Crippen molar-refractivity contribution in [3.8, 4) is 0 Å². The van der Waals surface area contributed by atoms with Crippen molar-refractivity contribution >= 4 is 23.4 Å². The van der Waals surface area contributed by atoms with Gasteiger partial charge in [0, 0.05) is 6.42 Å². The molecule has 11 heavy (non-hydrogen) atoms. The van der Waals surface area contributed by atoms with Crippen LogP contribution in [0, 0.1) is 0 Å². The number of halogens is 2. The van der Waals surface area contributed by atoms with E-state index < -0.39 is 16.9 Å². The smallest absolute Gasteiger partial charge is 0.365 e. The first kappa shape index (κ1) is 10.4. The molecule has 3 nitrogen and oxygen atoms in total. The molecule has 0 rings (SSSR count). The maximum absolute atomic E-state index is 12.6. The van der Waals surface area contributed by atoms with Crippen molar-refractivity contribution in [2.24, 2.45) is 0 Å². The van der Waals surface area contributed by atoms with Crippen molar-refractivity contribution in [3.63, 3.8) is 0 Å². The molecule has 0 heterocycles. The summed E-state index contributed by atoms with van der Waals surface area (Å²) in [6.07, 6.45) is 0.219. The highest BCUT2D eigenvalue weighted by atomic mass is 35.5. The molecule has 64 valence electrons. The molecule has 0 spiro atoms. The molecule has 0 saturated heterocycles. The molecule has 0 aliphatic heterocycles. The zero-order valence-electron chi connectivity index (χ0n) is 5.93. The molecule has 0 amide bonds. The lowest BCUT2D eigenvalue weighted by molar-refractivity contribution is -0.150. The van der Waals surface area contributed by atoms with Gasteiger partial charge in [0.2, 0.25) is 0 Å². The zero-order chi connectivity index (χ0) is 9.07. The number of carbonyl (C=O) groups excluding carboxylic acids is 1. The Morgan fingerprint density at radius 3 is 2.36 bits per heavy atom. The summed E-state index contributed by atoms with van der Waals surface area (Å²) in [5.41, 5.74) is 0. The van der Waals surface area contributed by atoms with E-state index in [1.54, 1.807) is 6.92 Å². The molecule has 0 bridgehead atoms. The molecule has 1 N–H and O–H groups in total. The quantitative estimate of drug-likeness (QED) is 0.527. The van der Waals surface area contributed by atoms with E-state index in [2.05, 4.69) is 0 Å². The van der Waals surface area contributed by atoms with Crippen molar-refractivity contribution in [3.05, 3.63) is 0 Å². The lowest BCUT2D eigenvalue weighted by Crippen LogP contribution is -2.36. The molecule has 0 saturated carbocycles. The number of carboxylic acid groups (broad SMARTS) is 1. The first-order chi connectivity index (χ1) is 4.92. The van der Waals surface area contributed by atoms with E-state index in [9.17, 15) is 14.0 Å². The summed E-state index contributed by atoms with van der Waals surface area (Å²) in [5, 5.41) is 4.87. The summed E-state index contributed by atoms with van der Waals surface area (Å²) in [6, 6.07) is 0. The largest absolute Gasteiger partial charge is 0.478 e. The summed E-state index contributed by atoms with van der Waals surface area (Å²) in [5.74, 6) is -3.05. The Labute approximate surface area is 68.2 Å². The predicted molar refractivity (Wildman–Crippen MR) is 37.2 cm³/mol. The molecule has 1 unspecified atom stereocenters. The van der Waals surface area contributed by atoms with E-state index in [4.69, 9.17) is 16.7 Å². The van der Waals surface area contributed by atoms with Gasteiger partial charge in [-0.25, -0.2) is 9.18 Å². The van der Waals surface area contributed by atoms with Crippen LogP contribution in [0.15, 0.2) is 0 Å². The van der Waals surface area contributed by atoms with Gasteiger partial charge in [-0.1, -0.05) is 18.5 Å². The van der Waals surface area contributed by atoms with E-state index in [1.807, 2.05) is 0 Å². The third-order valence-corrected chi connectivity index (χ3v) is 1.47. The fourth-order valence-corrected chi connectivity index (χ4v) is 0.598. The first-order valence-electron chi connectivity index (χ1n) is 3.07. The van der Waals surface area contributed by atoms with Crippen LogP contribution in [0.4, 0.5) is 4.39 Å². The second kappa shape index (κ2) is 3.67. The highest BCUT2D eigenvalue weighted by molar-refractivity contribution is 6.43. The van der Waals surface area contributed by atoms with Crippen LogP contribution in [0.25, 0.3) is 0 Å². The first-order valence-corrected chi connectivity index (χ1v) is 3.45. The Balaban J connectivity index is 4.30. The maximum Gasteiger partial charge on any atom is 0.365 e. The molecule has 0 aliphatic carbocycles. The minimum absolute atomic E-state index is 0.160. The number of aliphatic carboxylic acids is 1. The van der Waals surface area contributed by atoms with E-state index in [0.717, 1.165) is 0 Å². The number of alkyl halides is 2. The third-order valence-electron chi connectivity index (χ3n) is 1.10. The number of ketones is 1. The minimum Gasteiger partial charge on any atom is -0.478 e. The Morgan fingerprint density at radius 1 is 1.64 bits per heavy atom. The summed E-state index contributed by atoms with van der Waals surface area (Å²) in [6.45, 7) is 1.63. The zero-order valence-corrected chi connectivity index (χ0v) is 6.69. The molecule has 0 aliphatic rings. The summed E-state index contributed by atoms with van der Waals surface area (Å²) >= 11 is 4.78. The highest BCUT2D eigenvalue weighted by Gasteiger charge is 2.43. The fourth-order valence-electron chi connectivity index (χ4n) is 0.503. The third kappa shape index (κ3) is 2.46. The van der Waals surface area contributed by atoms with Crippen molar-refractivity contribution < 1.29 is 19.1 Å². The maximum atomic E-state index is 12.6. The van der Waals surface area contributed by atoms with Gasteiger partial charge in [-0.05, 0) is 6.42 Å². The monoisotopic (exact) mass is 182 g/mol. The van der Waals surface area contributed by atoms with E-state index in [-0.39, 0.29) is 6.42 Å². The molecule has 0 fully saturated rings. The number of hydrogen-bond donors (Lipinski definition) is 1. The molecule has 0 radical (unpaired) electrons. The summed E-state index contributed by atoms with van der Waals surface area (Å²) < 4.78 is 12.6. The molecular formula is C6H8ClFO3. The van der Waals surface area contributed by atoms with Crippen molar-refractivity contribution in [2.75, 3.05) is 0 Å². The van der Waals surface area contributed by atoms with Gasteiger partial charge in [0.25, 0.3) is 0 Å². The topological polar surface area (TPSA) is 54.4 Å². The van der Waals surface area contributed by atoms with Gasteiger partial charge >= 0.3 is 11.1 Å². The van der Waals surface area contributed by atoms with Gasteiger partial charge in [-0.15, -0.1) is 0 Å². The second-order valence-corrected chi connectivity index (χ2v) is 2.57. The molecule has 0 aromatic heterocycles. The molecule has 0 aromatic rings. The SMILES string of the molecule is CCCC(=O)C(F)(Cl)C(=O)O. The van der Waals surface area contributed by atoms with E-state index in [0.29, 0.717) is 6.42 Å². The minimum atomic E-state index is -3.24. The van der Waals surface area contributed by atoms with Crippen LogP contribution in [-0.4, -0.2) is 22.0 Å². The van der Waals surface area contributed by atoms with Crippen LogP contribution in [0.5, 0.6) is 0 Å². The average molecular weight is 183 g/mol. The molecule has 0 aromatic carbocycles. The van der Waals surface area contributed by atoms with Gasteiger partial charge in [0.05, 0.1) is 0 Å². The van der Waals surface area contributed by atoms with E-state index in [1.165, 1.54) is 0 Å². The Bertz CT molecular complexity index is 179. The number of carboxylic acids is 1. The Kier molecular flexibility index (Phi) is 3.45. The van der Waals surface area contributed by atoms with Gasteiger partial charge in [0.15, 0.2) is 5.78 Å². The molecular weight excluding hydrogens is 175 g/mol. The number of rotatable bonds is 4. The van der Waals surface area contributed by atoms with Gasteiger partial charge in [-0.2, -0.15) is 0 Å². The lowest BCUT2D eigenvalue weighted by Gasteiger charge is -2.09. The number of hydrogen-bond acceptors (Lipinski definition) is 2. The van der Waals surface area contributed by atoms with Crippen LogP contribution in [0.3, 0.4) is 0 Å². The van der Waals surface area contributed by atoms with Gasteiger partial charge < -0.3 is 5.11 Å². The predicted octanol–water partition coefficient (Wildman–Crippen LogP) is 1.34. The summed E-state index contributed by atoms with van der Waals surface area (Å²) in [4.78, 5) is 20.6. The number of Topliss-reactive ketones (excluding diaryl/α,β-unsaturated/α-hetero) is 1. The molecule has 1 atom stereocenters. The average Bonchev–Trinajstić information content (AvgIpc) is 1.88. The molecule has 5 heteroatoms. The van der Waals surface area contributed by atoms with Gasteiger partial charge in [-0.3, -0.25) is 4.79 Å². The standard InChI is InChI=1S/C6H8ClFO3/c1-2-3-4(9)6(7,8)5(10)11/h2-3H2,1H3,(H,10,11). The highest BCUT2D eigenvalue weighted by Crippen LogP contribution is 2.20. The lowest BCUT2D eigenvalue weighted by atomic mass is 10.1. The Morgan fingerprint density at radius 2 is 2.09 bits per heavy atom. The normalized spacial score (nSPS) is 15.5. The van der Waals surface area contributed by atoms with Crippen LogP contribution >= 0.6 is 11.6 Å². The van der Waals surface area contributed by atoms with Crippen molar-refractivity contribution in [1.82, 2.24) is 0 Å². The van der Waals surface area contributed by atoms with Crippen molar-refractivity contribution in [1.29, 1.82) is 0 Å². The van der Waals surface area contributed by atoms with Crippen LogP contribution in [-0.2, 0) is 9.59 Å². The Hall–Kier alpha value is -0.640. The van der Waals surface area contributed by atoms with Crippen LogP contribution in [0.1, 0.15) is 19.8 Å². The fraction of sp³-hybridized carbons (Fsp3) is 0.667. The second-order valence-electron chi connectivity index (χ2n) is 2.05. The number of carbonyl (C=O) groups is 2. The van der Waals surface area contributed by atoms with Crippen LogP contribution < -0.4 is 0 Å². The van der Waals surface area contributed by atoms with Crippen LogP contribution in [0.2, 0.25) is 0 Å². The van der Waals surface area contributed by atoms with E-state index >= 15 is 0 Å². The summed E-state index contributed by atoms with van der Waals surface area (Å²) in [7, 11) is 0. The van der Waals surface area contributed by atoms with Gasteiger partial charge in [0.1, 0.15) is 0 Å². The van der Waals surface area contributed by atoms with Crippen molar-refractivity contribution in [2.45, 2.75) is 24.9 Å².